The molecular weight excluding hydrogens is 302 g/mol. The molecule has 0 aromatic heterocycles. The third-order valence-electron chi connectivity index (χ3n) is 3.71. The van der Waals surface area contributed by atoms with Crippen LogP contribution in [-0.2, 0) is 16.1 Å². The van der Waals surface area contributed by atoms with Crippen molar-refractivity contribution in [2.45, 2.75) is 45.1 Å². The Morgan fingerprint density at radius 1 is 1.08 bits per heavy atom. The minimum atomic E-state index is -0.389. The molecule has 1 aliphatic heterocycles. The largest absolute Gasteiger partial charge is 0.489 e. The number of hydrogen-bond donors (Lipinski definition) is 1. The summed E-state index contributed by atoms with van der Waals surface area (Å²) >= 11 is 0. The van der Waals surface area contributed by atoms with Gasteiger partial charge in [-0.1, -0.05) is 42.5 Å². The molecule has 4 heteroatoms. The Morgan fingerprint density at radius 3 is 2.38 bits per heavy atom. The van der Waals surface area contributed by atoms with Gasteiger partial charge in [0.05, 0.1) is 0 Å². The number of ether oxygens (including phenoxy) is 2. The van der Waals surface area contributed by atoms with Gasteiger partial charge in [0, 0.05) is 5.54 Å². The first-order chi connectivity index (χ1) is 11.4. The number of amides is 1. The van der Waals surface area contributed by atoms with Gasteiger partial charge in [0.15, 0.2) is 6.10 Å². The monoisotopic (exact) mass is 325 g/mol. The molecule has 1 heterocycles. The average molecular weight is 325 g/mol. The Balaban J connectivity index is 1.53. The molecule has 0 aliphatic carbocycles. The van der Waals surface area contributed by atoms with Crippen molar-refractivity contribution in [3.63, 3.8) is 0 Å². The number of carbonyl (C=O) groups is 1. The molecule has 1 amide bonds. The predicted molar refractivity (Wildman–Crippen MR) is 92.7 cm³/mol. The van der Waals surface area contributed by atoms with Gasteiger partial charge in [-0.15, -0.1) is 0 Å². The van der Waals surface area contributed by atoms with E-state index in [0.717, 1.165) is 16.9 Å². The number of rotatable bonds is 5. The second-order valence-corrected chi connectivity index (χ2v) is 7.06. The van der Waals surface area contributed by atoms with Crippen LogP contribution >= 0.6 is 0 Å². The molecule has 24 heavy (non-hydrogen) atoms. The molecule has 126 valence electrons. The zero-order valence-electron chi connectivity index (χ0n) is 14.3. The molecule has 0 radical (unpaired) electrons. The minimum absolute atomic E-state index is 0.0584. The van der Waals surface area contributed by atoms with E-state index in [1.807, 2.05) is 75.4 Å². The van der Waals surface area contributed by atoms with E-state index in [2.05, 4.69) is 5.32 Å². The molecule has 0 saturated carbocycles. The highest BCUT2D eigenvalue weighted by atomic mass is 16.6. The number of benzene rings is 2. The van der Waals surface area contributed by atoms with Gasteiger partial charge >= 0.3 is 0 Å². The van der Waals surface area contributed by atoms with E-state index in [4.69, 9.17) is 9.47 Å². The van der Waals surface area contributed by atoms with Gasteiger partial charge in [-0.25, -0.2) is 0 Å². The lowest BCUT2D eigenvalue weighted by molar-refractivity contribution is -0.123. The molecule has 2 aromatic carbocycles. The molecule has 2 unspecified atom stereocenters. The standard InChI is InChI=1S/C20H23NO3/c1-20(2,3)21-19(22)18-17(24-18)15-9-11-16(12-10-15)23-13-14-7-5-4-6-8-14/h4-12,17-18H,13H2,1-3H3,(H,21,22). The van der Waals surface area contributed by atoms with Crippen molar-refractivity contribution in [3.8, 4) is 5.75 Å². The summed E-state index contributed by atoms with van der Waals surface area (Å²) in [5, 5.41) is 2.94. The third kappa shape index (κ3) is 4.36. The maximum atomic E-state index is 12.1. The summed E-state index contributed by atoms with van der Waals surface area (Å²) in [6.45, 7) is 6.42. The summed E-state index contributed by atoms with van der Waals surface area (Å²) in [6, 6.07) is 17.8. The molecule has 2 aromatic rings. The van der Waals surface area contributed by atoms with Gasteiger partial charge in [-0.05, 0) is 44.0 Å². The second kappa shape index (κ2) is 6.65. The van der Waals surface area contributed by atoms with E-state index >= 15 is 0 Å². The van der Waals surface area contributed by atoms with E-state index in [0.29, 0.717) is 6.61 Å². The van der Waals surface area contributed by atoms with Crippen LogP contribution in [0.15, 0.2) is 54.6 Å². The van der Waals surface area contributed by atoms with Crippen LogP contribution in [0.1, 0.15) is 38.0 Å². The van der Waals surface area contributed by atoms with Crippen LogP contribution in [0.25, 0.3) is 0 Å². The Labute approximate surface area is 142 Å². The van der Waals surface area contributed by atoms with Crippen LogP contribution in [0.4, 0.5) is 0 Å². The van der Waals surface area contributed by atoms with Crippen LogP contribution in [0.2, 0.25) is 0 Å². The highest BCUT2D eigenvalue weighted by Crippen LogP contribution is 2.39. The quantitative estimate of drug-likeness (QED) is 0.854. The van der Waals surface area contributed by atoms with Crippen LogP contribution in [-0.4, -0.2) is 17.6 Å². The third-order valence-corrected chi connectivity index (χ3v) is 3.71. The number of nitrogens with one attached hydrogen (secondary N) is 1. The van der Waals surface area contributed by atoms with Crippen LogP contribution < -0.4 is 10.1 Å². The van der Waals surface area contributed by atoms with Gasteiger partial charge in [-0.3, -0.25) is 4.79 Å². The summed E-state index contributed by atoms with van der Waals surface area (Å²) in [7, 11) is 0. The van der Waals surface area contributed by atoms with Crippen molar-refractivity contribution < 1.29 is 14.3 Å². The van der Waals surface area contributed by atoms with Crippen molar-refractivity contribution in [3.05, 3.63) is 65.7 Å². The van der Waals surface area contributed by atoms with Crippen molar-refractivity contribution in [2.75, 3.05) is 0 Å². The summed E-state index contributed by atoms with van der Waals surface area (Å²) in [5.41, 5.74) is 1.88. The highest BCUT2D eigenvalue weighted by molar-refractivity contribution is 5.84. The molecular formula is C20H23NO3. The fourth-order valence-corrected chi connectivity index (χ4v) is 2.50. The lowest BCUT2D eigenvalue weighted by Crippen LogP contribution is -2.43. The summed E-state index contributed by atoms with van der Waals surface area (Å²) in [5.74, 6) is 0.746. The highest BCUT2D eigenvalue weighted by Gasteiger charge is 2.46. The molecule has 4 nitrogen and oxygen atoms in total. The summed E-state index contributed by atoms with van der Waals surface area (Å²) < 4.78 is 11.3. The van der Waals surface area contributed by atoms with E-state index in [1.54, 1.807) is 0 Å². The first kappa shape index (κ1) is 16.5. The number of epoxide rings is 1. The van der Waals surface area contributed by atoms with Crippen LogP contribution in [0, 0.1) is 0 Å². The first-order valence-electron chi connectivity index (χ1n) is 8.16. The Bertz CT molecular complexity index is 689. The van der Waals surface area contributed by atoms with E-state index in [9.17, 15) is 4.79 Å². The maximum Gasteiger partial charge on any atom is 0.252 e. The number of hydrogen-bond acceptors (Lipinski definition) is 3. The fraction of sp³-hybridized carbons (Fsp3) is 0.350. The topological polar surface area (TPSA) is 50.9 Å². The molecule has 0 spiro atoms. The average Bonchev–Trinajstić information content (AvgIpc) is 3.34. The van der Waals surface area contributed by atoms with E-state index < -0.39 is 0 Å². The van der Waals surface area contributed by atoms with Crippen LogP contribution in [0.3, 0.4) is 0 Å². The first-order valence-corrected chi connectivity index (χ1v) is 8.16. The molecule has 0 bridgehead atoms. The Morgan fingerprint density at radius 2 is 1.75 bits per heavy atom. The van der Waals surface area contributed by atoms with Gasteiger partial charge in [-0.2, -0.15) is 0 Å². The van der Waals surface area contributed by atoms with Gasteiger partial charge in [0.1, 0.15) is 18.5 Å². The summed E-state index contributed by atoms with van der Waals surface area (Å²) in [6.07, 6.45) is -0.546. The molecule has 1 saturated heterocycles. The lowest BCUT2D eigenvalue weighted by atomic mass is 10.1. The van der Waals surface area contributed by atoms with E-state index in [1.165, 1.54) is 0 Å². The van der Waals surface area contributed by atoms with Crippen molar-refractivity contribution >= 4 is 5.91 Å². The smallest absolute Gasteiger partial charge is 0.252 e. The van der Waals surface area contributed by atoms with Gasteiger partial charge in [0.2, 0.25) is 0 Å². The zero-order valence-corrected chi connectivity index (χ0v) is 14.3. The lowest BCUT2D eigenvalue weighted by Gasteiger charge is -2.19. The molecule has 1 aliphatic rings. The van der Waals surface area contributed by atoms with Crippen molar-refractivity contribution in [1.29, 1.82) is 0 Å². The predicted octanol–water partition coefficient (Wildman–Crippen LogP) is 3.62. The maximum absolute atomic E-state index is 12.1. The Hall–Kier alpha value is -2.33. The minimum Gasteiger partial charge on any atom is -0.489 e. The van der Waals surface area contributed by atoms with Crippen molar-refractivity contribution in [2.24, 2.45) is 0 Å². The zero-order chi connectivity index (χ0) is 17.2. The van der Waals surface area contributed by atoms with Crippen LogP contribution in [0.5, 0.6) is 5.75 Å². The van der Waals surface area contributed by atoms with Crippen molar-refractivity contribution in [1.82, 2.24) is 5.32 Å². The normalized spacial score (nSPS) is 19.6. The van der Waals surface area contributed by atoms with Gasteiger partial charge < -0.3 is 14.8 Å². The SMILES string of the molecule is CC(C)(C)NC(=O)C1OC1c1ccc(OCc2ccccc2)cc1. The summed E-state index contributed by atoms with van der Waals surface area (Å²) in [4.78, 5) is 12.1. The molecule has 1 fully saturated rings. The second-order valence-electron chi connectivity index (χ2n) is 7.06. The number of carbonyl (C=O) groups excluding carboxylic acids is 1. The molecule has 3 rings (SSSR count). The molecule has 2 atom stereocenters. The van der Waals surface area contributed by atoms with Gasteiger partial charge in [0.25, 0.3) is 5.91 Å². The van der Waals surface area contributed by atoms with E-state index in [-0.39, 0.29) is 23.7 Å². The molecule has 1 N–H and O–H groups in total. The fourth-order valence-electron chi connectivity index (χ4n) is 2.50. The Kier molecular flexibility index (Phi) is 4.58.